The van der Waals surface area contributed by atoms with Crippen LogP contribution in [-0.2, 0) is 35.2 Å². The van der Waals surface area contributed by atoms with Gasteiger partial charge in [-0.25, -0.2) is 4.98 Å². The quantitative estimate of drug-likeness (QED) is 0.0416. The molecule has 0 spiro atoms. The molecule has 2 aromatic heterocycles. The number of carbonyl (C=O) groups excluding carboxylic acids is 5. The summed E-state index contributed by atoms with van der Waals surface area (Å²) in [7, 11) is 0. The molecule has 16 nitrogen and oxygen atoms in total. The molecule has 2 aromatic carbocycles. The summed E-state index contributed by atoms with van der Waals surface area (Å²) in [4.78, 5) is 88.9. The Hall–Kier alpha value is -6.58. The molecule has 0 saturated heterocycles. The van der Waals surface area contributed by atoms with Crippen molar-refractivity contribution in [3.8, 4) is 0 Å². The number of nitrogens with two attached hydrogens (primary N) is 1. The second-order valence-electron chi connectivity index (χ2n) is 14.8. The molecule has 0 aliphatic heterocycles. The number of nitrogens with zero attached hydrogens (tertiary/aromatic N) is 2. The first-order chi connectivity index (χ1) is 28.5. The van der Waals surface area contributed by atoms with Crippen LogP contribution in [0.25, 0.3) is 17.1 Å². The minimum absolute atomic E-state index is 0.0147. The lowest BCUT2D eigenvalue weighted by Crippen LogP contribution is -2.62. The normalized spacial score (nSPS) is 14.5. The number of H-pyrrole nitrogens is 1. The number of imidazole rings is 1. The third-order valence-electron chi connectivity index (χ3n) is 10.3. The summed E-state index contributed by atoms with van der Waals surface area (Å²) in [5.74, 6) is -3.07. The molecule has 0 radical (unpaired) electrons. The van der Waals surface area contributed by atoms with Crippen molar-refractivity contribution in [2.24, 2.45) is 5.73 Å². The van der Waals surface area contributed by atoms with Gasteiger partial charge in [0, 0.05) is 43.5 Å². The minimum atomic E-state index is -1.27. The number of anilines is 2. The van der Waals surface area contributed by atoms with E-state index in [2.05, 4.69) is 41.5 Å². The van der Waals surface area contributed by atoms with Crippen LogP contribution in [0.5, 0.6) is 0 Å². The molecule has 1 aliphatic carbocycles. The molecule has 1 saturated carbocycles. The number of carboxylic acids is 1. The van der Waals surface area contributed by atoms with Gasteiger partial charge in [-0.15, -0.1) is 0 Å². The van der Waals surface area contributed by atoms with Gasteiger partial charge in [0.15, 0.2) is 0 Å². The Labute approximate surface area is 342 Å². The number of para-hydroxylation sites is 2. The van der Waals surface area contributed by atoms with E-state index >= 15 is 0 Å². The zero-order valence-electron chi connectivity index (χ0n) is 33.0. The molecule has 0 unspecified atom stereocenters. The molecule has 1 fully saturated rings. The maximum absolute atomic E-state index is 13.9. The van der Waals surface area contributed by atoms with Gasteiger partial charge in [-0.3, -0.25) is 33.8 Å². The van der Waals surface area contributed by atoms with Gasteiger partial charge < -0.3 is 42.4 Å². The highest BCUT2D eigenvalue weighted by Crippen LogP contribution is 2.28. The number of carboxylic acid groups (broad SMARTS) is 1. The third kappa shape index (κ3) is 13.8. The van der Waals surface area contributed by atoms with Crippen molar-refractivity contribution in [1.82, 2.24) is 36.2 Å². The second-order valence-corrected chi connectivity index (χ2v) is 14.8. The van der Waals surface area contributed by atoms with Crippen molar-refractivity contribution >= 4 is 64.3 Å². The van der Waals surface area contributed by atoms with Gasteiger partial charge in [-0.2, -0.15) is 0 Å². The summed E-state index contributed by atoms with van der Waals surface area (Å²) < 4.78 is 0. The number of nitrogens with one attached hydrogen (secondary N) is 6. The number of aliphatic carboxylic acids is 1. The number of carbonyl (C=O) groups is 6. The van der Waals surface area contributed by atoms with E-state index < -0.39 is 41.3 Å². The van der Waals surface area contributed by atoms with Crippen LogP contribution in [0.2, 0.25) is 0 Å². The number of aromatic amines is 1. The van der Waals surface area contributed by atoms with E-state index in [-0.39, 0.29) is 43.9 Å². The van der Waals surface area contributed by atoms with E-state index in [1.54, 1.807) is 24.5 Å². The Bertz CT molecular complexity index is 2050. The fourth-order valence-electron chi connectivity index (χ4n) is 7.00. The van der Waals surface area contributed by atoms with E-state index in [1.807, 2.05) is 54.6 Å². The molecule has 2 heterocycles. The van der Waals surface area contributed by atoms with Crippen LogP contribution in [0.1, 0.15) is 88.2 Å². The Morgan fingerprint density at radius 3 is 2.31 bits per heavy atom. The molecule has 5 amide bonds. The Morgan fingerprint density at radius 2 is 1.59 bits per heavy atom. The predicted octanol–water partition coefficient (Wildman–Crippen LogP) is 4.16. The fourth-order valence-corrected chi connectivity index (χ4v) is 7.00. The lowest BCUT2D eigenvalue weighted by molar-refractivity contribution is -0.138. The zero-order chi connectivity index (χ0) is 42.0. The number of pyridine rings is 1. The molecular formula is C43H53N9O7. The van der Waals surface area contributed by atoms with Crippen LogP contribution in [0.15, 0.2) is 79.1 Å². The number of aromatic nitrogens is 3. The van der Waals surface area contributed by atoms with Gasteiger partial charge in [0.05, 0.1) is 11.0 Å². The summed E-state index contributed by atoms with van der Waals surface area (Å²) in [5, 5.41) is 23.7. The van der Waals surface area contributed by atoms with Crippen LogP contribution in [0, 0.1) is 0 Å². The van der Waals surface area contributed by atoms with Crippen LogP contribution in [0.3, 0.4) is 0 Å². The maximum atomic E-state index is 13.9. The number of hydrogen-bond donors (Lipinski definition) is 8. The number of amides is 5. The molecule has 1 aliphatic rings. The van der Waals surface area contributed by atoms with Crippen molar-refractivity contribution < 1.29 is 33.9 Å². The van der Waals surface area contributed by atoms with Crippen molar-refractivity contribution in [3.05, 3.63) is 90.3 Å². The molecule has 312 valence electrons. The van der Waals surface area contributed by atoms with Crippen molar-refractivity contribution in [2.45, 2.75) is 101 Å². The highest BCUT2D eigenvalue weighted by atomic mass is 16.4. The standard InChI is InChI=1S/C43H53N9O7/c44-41(59)43(24-5-1-6-25-43)52-40(58)35(14-8-15-38(55)56)49-39(57)34(13-4-7-27-46-36(53)22-19-30-10-9-26-45-28-30)48-37(54)23-18-29-16-20-31(21-17-29)47-42-50-32-11-2-3-12-33(32)51-42/h2-3,9-12,16-17,19-22,26,28,34-35H,1,4-8,13-15,18,23-25,27H2,(H2,44,59)(H,46,53)(H,48,54)(H,49,57)(H,52,58)(H,55,56)(H2,47,50,51)/b22-19+/t34-,35-/m1/s1. The molecule has 0 bridgehead atoms. The zero-order valence-corrected chi connectivity index (χ0v) is 33.0. The third-order valence-corrected chi connectivity index (χ3v) is 10.3. The summed E-state index contributed by atoms with van der Waals surface area (Å²) >= 11 is 0. The molecule has 16 heteroatoms. The molecule has 5 rings (SSSR count). The Morgan fingerprint density at radius 1 is 0.847 bits per heavy atom. The molecule has 2 atom stereocenters. The number of rotatable bonds is 22. The highest BCUT2D eigenvalue weighted by Gasteiger charge is 2.41. The first-order valence-corrected chi connectivity index (χ1v) is 20.1. The minimum Gasteiger partial charge on any atom is -0.481 e. The van der Waals surface area contributed by atoms with Crippen LogP contribution < -0.4 is 32.3 Å². The van der Waals surface area contributed by atoms with Gasteiger partial charge in [-0.1, -0.05) is 49.6 Å². The topological polar surface area (TPSA) is 250 Å². The van der Waals surface area contributed by atoms with Crippen molar-refractivity contribution in [3.63, 3.8) is 0 Å². The second kappa shape index (κ2) is 21.8. The Balaban J connectivity index is 1.20. The number of unbranched alkanes of at least 4 members (excludes halogenated alkanes) is 1. The maximum Gasteiger partial charge on any atom is 0.303 e. The monoisotopic (exact) mass is 807 g/mol. The number of primary amides is 1. The number of fused-ring (bicyclic) bond motifs is 1. The van der Waals surface area contributed by atoms with E-state index in [0.717, 1.165) is 34.3 Å². The lowest BCUT2D eigenvalue weighted by Gasteiger charge is -2.36. The van der Waals surface area contributed by atoms with Gasteiger partial charge in [-0.05, 0) is 98.9 Å². The average Bonchev–Trinajstić information content (AvgIpc) is 3.64. The highest BCUT2D eigenvalue weighted by molar-refractivity contribution is 5.95. The smallest absolute Gasteiger partial charge is 0.303 e. The van der Waals surface area contributed by atoms with E-state index in [9.17, 15) is 33.9 Å². The predicted molar refractivity (Wildman–Crippen MR) is 223 cm³/mol. The Kier molecular flexibility index (Phi) is 16.1. The SMILES string of the molecule is NC(=O)C1(NC(=O)[C@@H](CCCC(=O)O)NC(=O)[C@@H](CCCCNC(=O)/C=C/c2cccnc2)NC(=O)CCc2ccc(Nc3nc4ccccc4[nH]3)cc2)CCCCC1. The van der Waals surface area contributed by atoms with Crippen molar-refractivity contribution in [1.29, 1.82) is 0 Å². The largest absolute Gasteiger partial charge is 0.481 e. The first-order valence-electron chi connectivity index (χ1n) is 20.1. The van der Waals surface area contributed by atoms with E-state index in [0.29, 0.717) is 57.4 Å². The van der Waals surface area contributed by atoms with E-state index in [4.69, 9.17) is 5.73 Å². The number of benzene rings is 2. The molecule has 9 N–H and O–H groups in total. The van der Waals surface area contributed by atoms with Gasteiger partial charge in [0.25, 0.3) is 0 Å². The first kappa shape index (κ1) is 43.5. The molecule has 59 heavy (non-hydrogen) atoms. The lowest BCUT2D eigenvalue weighted by atomic mass is 9.80. The molecular weight excluding hydrogens is 755 g/mol. The van der Waals surface area contributed by atoms with Crippen LogP contribution >= 0.6 is 0 Å². The van der Waals surface area contributed by atoms with Crippen LogP contribution in [-0.4, -0.2) is 79.7 Å². The average molecular weight is 808 g/mol. The van der Waals surface area contributed by atoms with Gasteiger partial charge in [0.1, 0.15) is 17.6 Å². The van der Waals surface area contributed by atoms with Gasteiger partial charge >= 0.3 is 5.97 Å². The number of hydrogen-bond acceptors (Lipinski definition) is 9. The summed E-state index contributed by atoms with van der Waals surface area (Å²) in [6.07, 6.45) is 10.7. The van der Waals surface area contributed by atoms with Crippen molar-refractivity contribution in [2.75, 3.05) is 11.9 Å². The molecule has 4 aromatic rings. The number of aryl methyl sites for hydroxylation is 1. The van der Waals surface area contributed by atoms with E-state index in [1.165, 1.54) is 6.08 Å². The summed E-state index contributed by atoms with van der Waals surface area (Å²) in [5.41, 5.74) is 8.72. The van der Waals surface area contributed by atoms with Gasteiger partial charge in [0.2, 0.25) is 35.5 Å². The summed E-state index contributed by atoms with van der Waals surface area (Å²) in [6.45, 7) is 0.315. The van der Waals surface area contributed by atoms with Crippen LogP contribution in [0.4, 0.5) is 11.6 Å². The summed E-state index contributed by atoms with van der Waals surface area (Å²) in [6, 6.07) is 16.6. The fraction of sp³-hybridized carbons (Fsp3) is 0.395.